The zero-order chi connectivity index (χ0) is 23.1. The quantitative estimate of drug-likeness (QED) is 0.618. The Bertz CT molecular complexity index is 1170. The lowest BCUT2D eigenvalue weighted by atomic mass is 10.2. The standard InChI is InChI=1S/C25H29N6O2S/c1-33-23-6-4-21(5-7-23)30-9-8-26-25(30)27-10-12-29(13-11-27)31-15-2-3-22(31)17-20(18-31)24(32)28-14-16-34-19-28/h2-9,15,17H,10-14,16,18-19H2,1H3/q+1/t31-/m1/s1. The van der Waals surface area contributed by atoms with Crippen molar-refractivity contribution < 1.29 is 14.1 Å². The molecule has 6 rings (SSSR count). The molecule has 1 atom stereocenters. The van der Waals surface area contributed by atoms with Gasteiger partial charge in [-0.3, -0.25) is 9.36 Å². The molecule has 0 radical (unpaired) electrons. The largest absolute Gasteiger partial charge is 0.497 e. The number of nitrogens with zero attached hydrogens (tertiary/aromatic N) is 6. The summed E-state index contributed by atoms with van der Waals surface area (Å²) in [5, 5.41) is 2.49. The Morgan fingerprint density at radius 3 is 2.68 bits per heavy atom. The fourth-order valence-corrected chi connectivity index (χ4v) is 6.22. The summed E-state index contributed by atoms with van der Waals surface area (Å²) in [7, 11) is 1.68. The Balaban J connectivity index is 1.16. The maximum atomic E-state index is 13.1. The van der Waals surface area contributed by atoms with E-state index >= 15 is 0 Å². The van der Waals surface area contributed by atoms with Gasteiger partial charge in [-0.1, -0.05) is 0 Å². The average Bonchev–Trinajstić information content (AvgIpc) is 3.67. The van der Waals surface area contributed by atoms with Gasteiger partial charge in [0, 0.05) is 55.6 Å². The van der Waals surface area contributed by atoms with E-state index in [1.807, 2.05) is 41.2 Å². The summed E-state index contributed by atoms with van der Waals surface area (Å²) in [5.41, 5.74) is 3.19. The van der Waals surface area contributed by atoms with Crippen molar-refractivity contribution in [3.63, 3.8) is 0 Å². The average molecular weight is 478 g/mol. The summed E-state index contributed by atoms with van der Waals surface area (Å²) < 4.78 is 8.07. The zero-order valence-corrected chi connectivity index (χ0v) is 20.2. The zero-order valence-electron chi connectivity index (χ0n) is 19.3. The number of methoxy groups -OCH3 is 1. The van der Waals surface area contributed by atoms with Gasteiger partial charge in [-0.15, -0.1) is 16.8 Å². The summed E-state index contributed by atoms with van der Waals surface area (Å²) in [6.45, 7) is 5.11. The molecule has 0 N–H and O–H groups in total. The van der Waals surface area contributed by atoms with Gasteiger partial charge in [-0.2, -0.15) is 4.59 Å². The maximum absolute atomic E-state index is 13.1. The van der Waals surface area contributed by atoms with Gasteiger partial charge in [0.25, 0.3) is 5.91 Å². The van der Waals surface area contributed by atoms with Gasteiger partial charge in [0.05, 0.1) is 31.6 Å². The van der Waals surface area contributed by atoms with Crippen LogP contribution in [-0.4, -0.2) is 88.0 Å². The van der Waals surface area contributed by atoms with Gasteiger partial charge in [0.1, 0.15) is 18.5 Å². The fraction of sp³-hybridized carbons (Fsp3) is 0.360. The number of fused-ring (bicyclic) bond motifs is 1. The summed E-state index contributed by atoms with van der Waals surface area (Å²) in [6.07, 6.45) is 12.5. The molecule has 0 aliphatic carbocycles. The van der Waals surface area contributed by atoms with Crippen LogP contribution in [-0.2, 0) is 4.79 Å². The predicted octanol–water partition coefficient (Wildman–Crippen LogP) is 2.62. The second-order valence-electron chi connectivity index (χ2n) is 8.93. The minimum absolute atomic E-state index is 0.200. The van der Waals surface area contributed by atoms with Crippen LogP contribution in [0.2, 0.25) is 0 Å². The number of quaternary nitrogens is 1. The molecule has 1 amide bonds. The number of carbonyl (C=O) groups is 1. The van der Waals surface area contributed by atoms with Crippen molar-refractivity contribution in [1.29, 1.82) is 0 Å². The molecule has 4 aliphatic rings. The summed E-state index contributed by atoms with van der Waals surface area (Å²) >= 11 is 1.83. The number of piperazine rings is 1. The fourth-order valence-electron chi connectivity index (χ4n) is 5.28. The van der Waals surface area contributed by atoms with E-state index in [0.717, 1.165) is 67.3 Å². The van der Waals surface area contributed by atoms with E-state index in [1.165, 1.54) is 5.70 Å². The van der Waals surface area contributed by atoms with Crippen molar-refractivity contribution in [2.24, 2.45) is 0 Å². The number of allylic oxidation sites excluding steroid dienone is 3. The number of ether oxygens (including phenoxy) is 1. The second kappa shape index (κ2) is 8.65. The topological polar surface area (TPSA) is 53.8 Å². The Morgan fingerprint density at radius 1 is 1.12 bits per heavy atom. The van der Waals surface area contributed by atoms with E-state index in [9.17, 15) is 4.79 Å². The first-order chi connectivity index (χ1) is 16.7. The van der Waals surface area contributed by atoms with Crippen molar-refractivity contribution in [1.82, 2.24) is 19.5 Å². The number of amides is 1. The molecule has 1 aromatic carbocycles. The van der Waals surface area contributed by atoms with Gasteiger partial charge in [0.2, 0.25) is 5.95 Å². The Kier molecular flexibility index (Phi) is 5.47. The lowest BCUT2D eigenvalue weighted by molar-refractivity contribution is -0.948. The number of imidazole rings is 1. The SMILES string of the molecule is COc1ccc(-n2ccnc2N2CCN([N@@+]34C=CC=C3C=C(C(=O)N3CCSC3)C4)CC2)cc1. The number of thioether (sulfide) groups is 1. The van der Waals surface area contributed by atoms with Crippen LogP contribution in [0.5, 0.6) is 5.75 Å². The minimum atomic E-state index is 0.200. The normalized spacial score (nSPS) is 24.4. The van der Waals surface area contributed by atoms with E-state index in [-0.39, 0.29) is 5.91 Å². The van der Waals surface area contributed by atoms with Gasteiger partial charge < -0.3 is 14.5 Å². The highest BCUT2D eigenvalue weighted by Gasteiger charge is 2.48. The lowest BCUT2D eigenvalue weighted by Crippen LogP contribution is -2.60. The monoisotopic (exact) mass is 477 g/mol. The third-order valence-electron chi connectivity index (χ3n) is 7.11. The lowest BCUT2D eigenvalue weighted by Gasteiger charge is -2.44. The molecular formula is C25H29N6O2S+. The van der Waals surface area contributed by atoms with Crippen LogP contribution < -0.4 is 9.64 Å². The molecule has 0 unspecified atom stereocenters. The molecule has 9 heteroatoms. The van der Waals surface area contributed by atoms with Crippen LogP contribution in [0, 0.1) is 0 Å². The van der Waals surface area contributed by atoms with Crippen molar-refractivity contribution in [3.05, 3.63) is 72.4 Å². The summed E-state index contributed by atoms with van der Waals surface area (Å²) in [6, 6.07) is 8.05. The van der Waals surface area contributed by atoms with E-state index < -0.39 is 0 Å². The highest BCUT2D eigenvalue weighted by Crippen LogP contribution is 2.38. The Morgan fingerprint density at radius 2 is 1.94 bits per heavy atom. The van der Waals surface area contributed by atoms with Crippen LogP contribution in [0.15, 0.2) is 72.4 Å². The van der Waals surface area contributed by atoms with Crippen LogP contribution in [0.25, 0.3) is 5.69 Å². The first-order valence-corrected chi connectivity index (χ1v) is 12.9. The van der Waals surface area contributed by atoms with E-state index in [2.05, 4.69) is 56.0 Å². The molecule has 0 spiro atoms. The Hall–Kier alpha value is -3.01. The van der Waals surface area contributed by atoms with E-state index in [1.54, 1.807) is 7.11 Å². The number of benzene rings is 1. The molecule has 2 saturated heterocycles. The smallest absolute Gasteiger partial charge is 0.256 e. The minimum Gasteiger partial charge on any atom is -0.497 e. The van der Waals surface area contributed by atoms with E-state index in [4.69, 9.17) is 4.74 Å². The second-order valence-corrected chi connectivity index (χ2v) is 10.0. The molecule has 5 heterocycles. The number of hydrogen-bond donors (Lipinski definition) is 0. The van der Waals surface area contributed by atoms with Crippen molar-refractivity contribution in [3.8, 4) is 11.4 Å². The highest BCUT2D eigenvalue weighted by atomic mass is 32.2. The molecule has 4 aliphatic heterocycles. The van der Waals surface area contributed by atoms with Crippen LogP contribution in [0.4, 0.5) is 5.95 Å². The molecule has 2 aromatic rings. The number of hydrogen-bond acceptors (Lipinski definition) is 6. The number of rotatable bonds is 5. The van der Waals surface area contributed by atoms with Gasteiger partial charge in [-0.25, -0.2) is 4.98 Å². The number of anilines is 1. The molecule has 34 heavy (non-hydrogen) atoms. The third-order valence-corrected chi connectivity index (χ3v) is 8.08. The summed E-state index contributed by atoms with van der Waals surface area (Å²) in [5.74, 6) is 3.85. The molecule has 1 aromatic heterocycles. The Labute approximate surface area is 203 Å². The first-order valence-electron chi connectivity index (χ1n) is 11.7. The third kappa shape index (κ3) is 3.55. The van der Waals surface area contributed by atoms with Crippen molar-refractivity contribution >= 4 is 23.6 Å². The molecular weight excluding hydrogens is 448 g/mol. The first kappa shape index (κ1) is 21.5. The number of carbonyl (C=O) groups excluding carboxylic acids is 1. The maximum Gasteiger partial charge on any atom is 0.256 e. The molecule has 176 valence electrons. The molecule has 0 saturated carbocycles. The van der Waals surface area contributed by atoms with Gasteiger partial charge in [0.15, 0.2) is 5.70 Å². The highest BCUT2D eigenvalue weighted by molar-refractivity contribution is 7.99. The predicted molar refractivity (Wildman–Crippen MR) is 133 cm³/mol. The van der Waals surface area contributed by atoms with Crippen LogP contribution in [0.1, 0.15) is 0 Å². The number of aromatic nitrogens is 2. The molecule has 2 fully saturated rings. The van der Waals surface area contributed by atoms with Gasteiger partial charge in [-0.05, 0) is 30.3 Å². The summed E-state index contributed by atoms with van der Waals surface area (Å²) in [4.78, 5) is 22.1. The molecule has 0 bridgehead atoms. The van der Waals surface area contributed by atoms with E-state index in [0.29, 0.717) is 11.1 Å². The molecule has 8 nitrogen and oxygen atoms in total. The van der Waals surface area contributed by atoms with Gasteiger partial charge >= 0.3 is 0 Å². The van der Waals surface area contributed by atoms with Crippen LogP contribution in [0.3, 0.4) is 0 Å². The van der Waals surface area contributed by atoms with Crippen molar-refractivity contribution in [2.75, 3.05) is 62.9 Å². The van der Waals surface area contributed by atoms with Crippen molar-refractivity contribution in [2.45, 2.75) is 0 Å². The van der Waals surface area contributed by atoms with Crippen LogP contribution >= 0.6 is 11.8 Å².